The third kappa shape index (κ3) is 1.55. The second kappa shape index (κ2) is 4.29. The summed E-state index contributed by atoms with van der Waals surface area (Å²) < 4.78 is 1.44. The molecule has 4 atom stereocenters. The monoisotopic (exact) mass is 325 g/mol. The zero-order valence-electron chi connectivity index (χ0n) is 11.9. The SMILES string of the molecule is CNc1nc(Cl)nc2c1ncn2C1(O)CC2CC2(CO)C1O. The lowest BCUT2D eigenvalue weighted by Crippen LogP contribution is -2.46. The molecule has 0 aromatic carbocycles. The molecule has 8 nitrogen and oxygen atoms in total. The molecule has 0 saturated heterocycles. The van der Waals surface area contributed by atoms with Gasteiger partial charge in [-0.3, -0.25) is 4.57 Å². The molecule has 0 aliphatic heterocycles. The highest BCUT2D eigenvalue weighted by Gasteiger charge is 2.72. The van der Waals surface area contributed by atoms with Crippen LogP contribution in [0.3, 0.4) is 0 Å². The summed E-state index contributed by atoms with van der Waals surface area (Å²) in [6.45, 7) is -0.148. The highest BCUT2D eigenvalue weighted by Crippen LogP contribution is 2.67. The Kier molecular flexibility index (Phi) is 2.75. The summed E-state index contributed by atoms with van der Waals surface area (Å²) in [5.74, 6) is 0.544. The Bertz CT molecular complexity index is 763. The van der Waals surface area contributed by atoms with Crippen LogP contribution in [0.2, 0.25) is 5.28 Å². The number of hydrogen-bond donors (Lipinski definition) is 4. The van der Waals surface area contributed by atoms with Crippen molar-refractivity contribution in [2.45, 2.75) is 24.7 Å². The minimum atomic E-state index is -1.55. The molecule has 2 saturated carbocycles. The number of fused-ring (bicyclic) bond motifs is 2. The first kappa shape index (κ1) is 14.1. The van der Waals surface area contributed by atoms with Crippen LogP contribution in [-0.4, -0.2) is 54.6 Å². The maximum Gasteiger partial charge on any atom is 0.226 e. The van der Waals surface area contributed by atoms with Crippen molar-refractivity contribution >= 4 is 28.6 Å². The molecule has 2 aromatic heterocycles. The highest BCUT2D eigenvalue weighted by molar-refractivity contribution is 6.28. The molecule has 2 aromatic rings. The van der Waals surface area contributed by atoms with E-state index in [9.17, 15) is 15.3 Å². The fraction of sp³-hybridized carbons (Fsp3) is 0.615. The average molecular weight is 326 g/mol. The predicted octanol–water partition coefficient (Wildman–Crippen LogP) is -0.0703. The molecule has 2 heterocycles. The second-order valence-corrected chi connectivity index (χ2v) is 6.49. The smallest absolute Gasteiger partial charge is 0.226 e. The third-order valence-corrected chi connectivity index (χ3v) is 5.29. The van der Waals surface area contributed by atoms with E-state index in [1.807, 2.05) is 0 Å². The Morgan fingerprint density at radius 1 is 1.45 bits per heavy atom. The summed E-state index contributed by atoms with van der Waals surface area (Å²) in [6.07, 6.45) is 1.41. The fourth-order valence-electron chi connectivity index (χ4n) is 3.79. The second-order valence-electron chi connectivity index (χ2n) is 6.16. The molecule has 9 heteroatoms. The Morgan fingerprint density at radius 3 is 2.86 bits per heavy atom. The van der Waals surface area contributed by atoms with Gasteiger partial charge in [-0.2, -0.15) is 9.97 Å². The van der Waals surface area contributed by atoms with E-state index < -0.39 is 17.2 Å². The van der Waals surface area contributed by atoms with Gasteiger partial charge < -0.3 is 20.6 Å². The Labute approximate surface area is 130 Å². The van der Waals surface area contributed by atoms with E-state index in [0.717, 1.165) is 6.42 Å². The van der Waals surface area contributed by atoms with Crippen LogP contribution in [0.1, 0.15) is 12.8 Å². The van der Waals surface area contributed by atoms with Gasteiger partial charge in [-0.1, -0.05) is 0 Å². The fourth-order valence-corrected chi connectivity index (χ4v) is 3.95. The van der Waals surface area contributed by atoms with Gasteiger partial charge >= 0.3 is 0 Å². The standard InChI is InChI=1S/C13H16ClN5O3/c1-15-8-7-9(18-11(14)17-8)19(5-16-7)13(22)3-6-2-12(6,4-20)10(13)21/h5-6,10,20-22H,2-4H2,1H3,(H,15,17,18). The van der Waals surface area contributed by atoms with Crippen molar-refractivity contribution in [3.05, 3.63) is 11.6 Å². The van der Waals surface area contributed by atoms with E-state index in [2.05, 4.69) is 20.3 Å². The van der Waals surface area contributed by atoms with Gasteiger partial charge in [0.05, 0.1) is 12.9 Å². The number of aromatic nitrogens is 4. The number of aliphatic hydroxyl groups excluding tert-OH is 2. The summed E-state index contributed by atoms with van der Waals surface area (Å²) in [5.41, 5.74) is -1.36. The van der Waals surface area contributed by atoms with Crippen LogP contribution in [0.25, 0.3) is 11.2 Å². The Morgan fingerprint density at radius 2 is 2.23 bits per heavy atom. The number of anilines is 1. The van der Waals surface area contributed by atoms with E-state index in [4.69, 9.17) is 11.6 Å². The van der Waals surface area contributed by atoms with Crippen molar-refractivity contribution in [1.82, 2.24) is 19.5 Å². The lowest BCUT2D eigenvalue weighted by molar-refractivity contribution is -0.145. The van der Waals surface area contributed by atoms with E-state index in [1.165, 1.54) is 10.9 Å². The summed E-state index contributed by atoms with van der Waals surface area (Å²) in [4.78, 5) is 12.4. The Hall–Kier alpha value is -1.48. The van der Waals surface area contributed by atoms with Gasteiger partial charge in [-0.05, 0) is 23.9 Å². The van der Waals surface area contributed by atoms with Crippen molar-refractivity contribution < 1.29 is 15.3 Å². The number of nitrogens with one attached hydrogen (secondary N) is 1. The quantitative estimate of drug-likeness (QED) is 0.584. The summed E-state index contributed by atoms with van der Waals surface area (Å²) in [5, 5.41) is 34.1. The molecule has 2 aliphatic rings. The average Bonchev–Trinajstić information content (AvgIpc) is 2.94. The largest absolute Gasteiger partial charge is 0.396 e. The van der Waals surface area contributed by atoms with Crippen molar-refractivity contribution in [2.75, 3.05) is 19.0 Å². The topological polar surface area (TPSA) is 116 Å². The predicted molar refractivity (Wildman–Crippen MR) is 78.3 cm³/mol. The van der Waals surface area contributed by atoms with Crippen LogP contribution in [0.5, 0.6) is 0 Å². The zero-order valence-corrected chi connectivity index (χ0v) is 12.6. The molecule has 4 N–H and O–H groups in total. The van der Waals surface area contributed by atoms with Crippen molar-refractivity contribution in [3.8, 4) is 0 Å². The maximum absolute atomic E-state index is 11.0. The lowest BCUT2D eigenvalue weighted by Gasteiger charge is -2.33. The molecular weight excluding hydrogens is 310 g/mol. The molecule has 22 heavy (non-hydrogen) atoms. The van der Waals surface area contributed by atoms with Crippen LogP contribution in [-0.2, 0) is 5.72 Å². The first-order valence-corrected chi connectivity index (χ1v) is 7.44. The molecule has 4 unspecified atom stereocenters. The molecule has 4 rings (SSSR count). The first-order chi connectivity index (χ1) is 10.5. The van der Waals surface area contributed by atoms with Crippen LogP contribution < -0.4 is 5.32 Å². The van der Waals surface area contributed by atoms with E-state index >= 15 is 0 Å². The lowest BCUT2D eigenvalue weighted by atomic mass is 9.96. The number of nitrogens with zero attached hydrogens (tertiary/aromatic N) is 4. The number of imidazole rings is 1. The maximum atomic E-state index is 11.0. The van der Waals surface area contributed by atoms with E-state index in [-0.39, 0.29) is 17.8 Å². The minimum absolute atomic E-state index is 0.0247. The van der Waals surface area contributed by atoms with Gasteiger partial charge in [-0.15, -0.1) is 0 Å². The van der Waals surface area contributed by atoms with E-state index in [0.29, 0.717) is 23.4 Å². The highest BCUT2D eigenvalue weighted by atomic mass is 35.5. The van der Waals surface area contributed by atoms with Crippen LogP contribution in [0.15, 0.2) is 6.33 Å². The Balaban J connectivity index is 1.87. The summed E-state index contributed by atoms with van der Waals surface area (Å²) in [7, 11) is 1.69. The van der Waals surface area contributed by atoms with Crippen LogP contribution in [0.4, 0.5) is 5.82 Å². The third-order valence-electron chi connectivity index (χ3n) is 5.13. The normalized spacial score (nSPS) is 36.6. The molecule has 0 radical (unpaired) electrons. The molecule has 0 amide bonds. The van der Waals surface area contributed by atoms with Gasteiger partial charge in [0.25, 0.3) is 0 Å². The molecular formula is C13H16ClN5O3. The van der Waals surface area contributed by atoms with Crippen molar-refractivity contribution in [2.24, 2.45) is 11.3 Å². The number of halogens is 1. The molecule has 0 bridgehead atoms. The first-order valence-electron chi connectivity index (χ1n) is 7.06. The van der Waals surface area contributed by atoms with Crippen LogP contribution >= 0.6 is 11.6 Å². The van der Waals surface area contributed by atoms with Gasteiger partial charge in [0.15, 0.2) is 22.7 Å². The molecule has 2 fully saturated rings. The van der Waals surface area contributed by atoms with Crippen molar-refractivity contribution in [1.29, 1.82) is 0 Å². The van der Waals surface area contributed by atoms with Gasteiger partial charge in [0.2, 0.25) is 5.28 Å². The molecule has 2 aliphatic carbocycles. The van der Waals surface area contributed by atoms with Crippen molar-refractivity contribution in [3.63, 3.8) is 0 Å². The zero-order chi connectivity index (χ0) is 15.7. The summed E-state index contributed by atoms with van der Waals surface area (Å²) in [6, 6.07) is 0. The summed E-state index contributed by atoms with van der Waals surface area (Å²) >= 11 is 5.92. The van der Waals surface area contributed by atoms with Crippen LogP contribution in [0, 0.1) is 11.3 Å². The van der Waals surface area contributed by atoms with E-state index in [1.54, 1.807) is 7.05 Å². The minimum Gasteiger partial charge on any atom is -0.396 e. The van der Waals surface area contributed by atoms with Gasteiger partial charge in [-0.25, -0.2) is 4.98 Å². The molecule has 0 spiro atoms. The number of aliphatic hydroxyl groups is 3. The van der Waals surface area contributed by atoms with Gasteiger partial charge in [0.1, 0.15) is 6.10 Å². The molecule has 118 valence electrons. The number of hydrogen-bond acceptors (Lipinski definition) is 7. The number of rotatable bonds is 3. The van der Waals surface area contributed by atoms with Gasteiger partial charge in [0, 0.05) is 18.9 Å².